The number of hydrogen-bond acceptors (Lipinski definition) is 4. The zero-order valence-corrected chi connectivity index (χ0v) is 17.0. The first kappa shape index (κ1) is 20.4. The second-order valence-electron chi connectivity index (χ2n) is 5.28. The zero-order valence-electron chi connectivity index (χ0n) is 14.7. The van der Waals surface area contributed by atoms with Crippen molar-refractivity contribution in [3.8, 4) is 0 Å². The predicted octanol–water partition coefficient (Wildman–Crippen LogP) is 2.99. The summed E-state index contributed by atoms with van der Waals surface area (Å²) in [7, 11) is 1.76. The van der Waals surface area contributed by atoms with Crippen molar-refractivity contribution in [1.82, 2.24) is 20.8 Å². The Morgan fingerprint density at radius 2 is 1.92 bits per heavy atom. The molecular formula is C17H26IN5O. The maximum absolute atomic E-state index is 5.39. The largest absolute Gasteiger partial charge is 0.361 e. The highest BCUT2D eigenvalue weighted by molar-refractivity contribution is 14.0. The summed E-state index contributed by atoms with van der Waals surface area (Å²) in [6.07, 6.45) is 3.50. The smallest absolute Gasteiger partial charge is 0.191 e. The number of nitrogens with one attached hydrogen (secondary N) is 2. The lowest BCUT2D eigenvalue weighted by molar-refractivity contribution is 0.380. The van der Waals surface area contributed by atoms with Gasteiger partial charge >= 0.3 is 0 Å². The summed E-state index contributed by atoms with van der Waals surface area (Å²) in [5.41, 5.74) is 4.32. The molecule has 0 fully saturated rings. The lowest BCUT2D eigenvalue weighted by Gasteiger charge is -2.12. The summed E-state index contributed by atoms with van der Waals surface area (Å²) >= 11 is 0. The fourth-order valence-corrected chi connectivity index (χ4v) is 2.40. The Morgan fingerprint density at radius 1 is 1.17 bits per heavy atom. The molecular weight excluding hydrogens is 417 g/mol. The first-order valence-electron chi connectivity index (χ1n) is 8.00. The normalized spacial score (nSPS) is 11.1. The van der Waals surface area contributed by atoms with Gasteiger partial charge in [-0.15, -0.1) is 24.0 Å². The van der Waals surface area contributed by atoms with E-state index in [1.807, 2.05) is 6.07 Å². The van der Waals surface area contributed by atoms with Crippen molar-refractivity contribution >= 4 is 29.9 Å². The van der Waals surface area contributed by atoms with Gasteiger partial charge in [-0.1, -0.05) is 25.1 Å². The highest BCUT2D eigenvalue weighted by atomic mass is 127. The Hall–Kier alpha value is -1.64. The van der Waals surface area contributed by atoms with Gasteiger partial charge in [0, 0.05) is 31.8 Å². The molecule has 0 saturated heterocycles. The molecule has 7 heteroatoms. The number of pyridine rings is 1. The minimum absolute atomic E-state index is 0. The molecule has 2 aromatic rings. The van der Waals surface area contributed by atoms with E-state index >= 15 is 0 Å². The van der Waals surface area contributed by atoms with Gasteiger partial charge in [0.1, 0.15) is 5.76 Å². The van der Waals surface area contributed by atoms with Gasteiger partial charge in [-0.25, -0.2) is 0 Å². The van der Waals surface area contributed by atoms with E-state index in [2.05, 4.69) is 52.6 Å². The molecule has 0 amide bonds. The van der Waals surface area contributed by atoms with E-state index in [1.54, 1.807) is 13.2 Å². The van der Waals surface area contributed by atoms with E-state index in [9.17, 15) is 0 Å². The average Bonchev–Trinajstić information content (AvgIpc) is 2.98. The quantitative estimate of drug-likeness (QED) is 0.408. The number of nitrogens with zero attached hydrogens (tertiary/aromatic N) is 3. The molecule has 0 aliphatic heterocycles. The van der Waals surface area contributed by atoms with E-state index in [4.69, 9.17) is 4.52 Å². The maximum Gasteiger partial charge on any atom is 0.191 e. The third-order valence-corrected chi connectivity index (χ3v) is 3.80. The molecule has 2 heterocycles. The average molecular weight is 443 g/mol. The Bertz CT molecular complexity index is 647. The van der Waals surface area contributed by atoms with E-state index in [0.717, 1.165) is 47.1 Å². The molecule has 6 nitrogen and oxygen atoms in total. The van der Waals surface area contributed by atoms with Crippen molar-refractivity contribution in [3.63, 3.8) is 0 Å². The summed E-state index contributed by atoms with van der Waals surface area (Å²) < 4.78 is 5.39. The number of halogens is 1. The number of aryl methyl sites for hydroxylation is 3. The van der Waals surface area contributed by atoms with Crippen LogP contribution in [0.3, 0.4) is 0 Å². The molecule has 24 heavy (non-hydrogen) atoms. The molecule has 2 N–H and O–H groups in total. The number of guanidine groups is 1. The molecule has 0 bridgehead atoms. The van der Waals surface area contributed by atoms with Gasteiger partial charge in [0.15, 0.2) is 5.96 Å². The molecule has 0 atom stereocenters. The van der Waals surface area contributed by atoms with Crippen LogP contribution in [0.5, 0.6) is 0 Å². The van der Waals surface area contributed by atoms with Gasteiger partial charge in [-0.05, 0) is 25.0 Å². The fraction of sp³-hybridized carbons (Fsp3) is 0.471. The van der Waals surface area contributed by atoms with Crippen molar-refractivity contribution < 1.29 is 4.52 Å². The number of hydrogen-bond donors (Lipinski definition) is 2. The summed E-state index contributed by atoms with van der Waals surface area (Å²) in [5, 5.41) is 10.7. The summed E-state index contributed by atoms with van der Waals surface area (Å²) in [6.45, 7) is 7.49. The van der Waals surface area contributed by atoms with Gasteiger partial charge in [0.05, 0.1) is 17.9 Å². The SMILES string of the molecule is CCc1noc(CC)c1CNC(=NC)NCc1ncccc1C.I. The zero-order chi connectivity index (χ0) is 16.7. The van der Waals surface area contributed by atoms with Gasteiger partial charge in [0.25, 0.3) is 0 Å². The third-order valence-electron chi connectivity index (χ3n) is 3.80. The molecule has 0 radical (unpaired) electrons. The number of aromatic nitrogens is 2. The van der Waals surface area contributed by atoms with Crippen molar-refractivity contribution in [3.05, 3.63) is 46.6 Å². The summed E-state index contributed by atoms with van der Waals surface area (Å²) in [4.78, 5) is 8.64. The molecule has 2 rings (SSSR count). The number of rotatable bonds is 6. The van der Waals surface area contributed by atoms with E-state index in [-0.39, 0.29) is 24.0 Å². The highest BCUT2D eigenvalue weighted by Gasteiger charge is 2.13. The molecule has 2 aromatic heterocycles. The van der Waals surface area contributed by atoms with Crippen molar-refractivity contribution in [2.24, 2.45) is 4.99 Å². The molecule has 0 aliphatic carbocycles. The second kappa shape index (κ2) is 10.3. The standard InChI is InChI=1S/C17H25N5O.HI/c1-5-14-13(16(6-2)23-22-14)10-20-17(18-4)21-11-15-12(3)8-7-9-19-15;/h7-9H,5-6,10-11H2,1-4H3,(H2,18,20,21);1H. The van der Waals surface area contributed by atoms with E-state index < -0.39 is 0 Å². The second-order valence-corrected chi connectivity index (χ2v) is 5.28. The van der Waals surface area contributed by atoms with Crippen LogP contribution >= 0.6 is 24.0 Å². The van der Waals surface area contributed by atoms with Gasteiger partial charge in [-0.3, -0.25) is 9.98 Å². The fourth-order valence-electron chi connectivity index (χ4n) is 2.40. The first-order valence-corrected chi connectivity index (χ1v) is 8.00. The number of aliphatic imine (C=N–C) groups is 1. The van der Waals surface area contributed by atoms with E-state index in [0.29, 0.717) is 13.1 Å². The lowest BCUT2D eigenvalue weighted by atomic mass is 10.1. The Balaban J connectivity index is 0.00000288. The van der Waals surface area contributed by atoms with Gasteiger partial charge in [-0.2, -0.15) is 0 Å². The summed E-state index contributed by atoms with van der Waals surface area (Å²) in [5.74, 6) is 1.67. The molecule has 132 valence electrons. The Labute approximate surface area is 160 Å². The van der Waals surface area contributed by atoms with Crippen molar-refractivity contribution in [2.45, 2.75) is 46.7 Å². The van der Waals surface area contributed by atoms with Crippen LogP contribution in [0.4, 0.5) is 0 Å². The minimum atomic E-state index is 0. The molecule has 0 spiro atoms. The highest BCUT2D eigenvalue weighted by Crippen LogP contribution is 2.15. The van der Waals surface area contributed by atoms with Gasteiger partial charge < -0.3 is 15.2 Å². The molecule has 0 aliphatic rings. The third kappa shape index (κ3) is 5.19. The Kier molecular flexibility index (Phi) is 8.73. The van der Waals surface area contributed by atoms with Crippen molar-refractivity contribution in [2.75, 3.05) is 7.05 Å². The van der Waals surface area contributed by atoms with Gasteiger partial charge in [0.2, 0.25) is 0 Å². The molecule has 0 saturated carbocycles. The maximum atomic E-state index is 5.39. The van der Waals surface area contributed by atoms with Crippen LogP contribution in [0.2, 0.25) is 0 Å². The minimum Gasteiger partial charge on any atom is -0.361 e. The van der Waals surface area contributed by atoms with Crippen LogP contribution in [0.1, 0.15) is 42.1 Å². The molecule has 0 unspecified atom stereocenters. The van der Waals surface area contributed by atoms with Crippen molar-refractivity contribution in [1.29, 1.82) is 0 Å². The Morgan fingerprint density at radius 3 is 2.54 bits per heavy atom. The van der Waals surface area contributed by atoms with Crippen LogP contribution in [0.25, 0.3) is 0 Å². The van der Waals surface area contributed by atoms with Crippen LogP contribution < -0.4 is 10.6 Å². The lowest BCUT2D eigenvalue weighted by Crippen LogP contribution is -2.37. The van der Waals surface area contributed by atoms with Crippen LogP contribution in [-0.2, 0) is 25.9 Å². The van der Waals surface area contributed by atoms with E-state index in [1.165, 1.54) is 0 Å². The monoisotopic (exact) mass is 443 g/mol. The molecule has 0 aromatic carbocycles. The topological polar surface area (TPSA) is 75.3 Å². The van der Waals surface area contributed by atoms with Crippen LogP contribution in [0.15, 0.2) is 27.8 Å². The van der Waals surface area contributed by atoms with Crippen LogP contribution in [0, 0.1) is 6.92 Å². The van der Waals surface area contributed by atoms with Crippen LogP contribution in [-0.4, -0.2) is 23.1 Å². The first-order chi connectivity index (χ1) is 11.2. The summed E-state index contributed by atoms with van der Waals surface area (Å²) in [6, 6.07) is 3.99. The predicted molar refractivity (Wildman–Crippen MR) is 107 cm³/mol.